The number of thiocarbonyl (C=S) groups is 1. The first-order chi connectivity index (χ1) is 13.2. The largest absolute Gasteiger partial charge is 0.465 e. The first-order valence-corrected chi connectivity index (χ1v) is 9.98. The molecule has 0 saturated heterocycles. The van der Waals surface area contributed by atoms with Gasteiger partial charge in [-0.05, 0) is 61.7 Å². The van der Waals surface area contributed by atoms with E-state index in [1.54, 1.807) is 0 Å². The minimum atomic E-state index is -4.50. The molecule has 28 heavy (non-hydrogen) atoms. The molecule has 0 aliphatic heterocycles. The maximum atomic E-state index is 12.9. The number of aryl methyl sites for hydroxylation is 1. The maximum absolute atomic E-state index is 12.9. The molecule has 0 atom stereocenters. The smallest absolute Gasteiger partial charge is 0.416 e. The number of anilines is 2. The molecule has 0 saturated carbocycles. The Morgan fingerprint density at radius 2 is 1.96 bits per heavy atom. The number of esters is 1. The van der Waals surface area contributed by atoms with Crippen LogP contribution in [0, 0.1) is 0 Å². The highest BCUT2D eigenvalue weighted by Crippen LogP contribution is 2.39. The van der Waals surface area contributed by atoms with Crippen LogP contribution in [0.1, 0.15) is 39.2 Å². The zero-order chi connectivity index (χ0) is 20.5. The van der Waals surface area contributed by atoms with Crippen molar-refractivity contribution >= 4 is 56.9 Å². The molecular weight excluding hydrogens is 433 g/mol. The van der Waals surface area contributed by atoms with Gasteiger partial charge in [0, 0.05) is 4.88 Å². The zero-order valence-corrected chi connectivity index (χ0v) is 17.1. The van der Waals surface area contributed by atoms with Crippen molar-refractivity contribution < 1.29 is 22.7 Å². The van der Waals surface area contributed by atoms with Crippen LogP contribution >= 0.6 is 35.2 Å². The maximum Gasteiger partial charge on any atom is 0.416 e. The van der Waals surface area contributed by atoms with Crippen LogP contribution < -0.4 is 10.6 Å². The molecule has 0 fully saturated rings. The Morgan fingerprint density at radius 3 is 2.64 bits per heavy atom. The van der Waals surface area contributed by atoms with Gasteiger partial charge < -0.3 is 15.4 Å². The molecule has 0 spiro atoms. The molecule has 0 amide bonds. The Balaban J connectivity index is 1.84. The number of rotatable bonds is 3. The van der Waals surface area contributed by atoms with E-state index < -0.39 is 17.7 Å². The first kappa shape index (κ1) is 20.9. The Bertz CT molecular complexity index is 928. The van der Waals surface area contributed by atoms with Gasteiger partial charge in [0.15, 0.2) is 5.11 Å². The molecule has 0 bridgehead atoms. The molecule has 1 heterocycles. The molecule has 2 N–H and O–H groups in total. The van der Waals surface area contributed by atoms with E-state index in [9.17, 15) is 18.0 Å². The number of methoxy groups -OCH3 is 1. The van der Waals surface area contributed by atoms with Crippen molar-refractivity contribution in [3.8, 4) is 0 Å². The highest BCUT2D eigenvalue weighted by Gasteiger charge is 2.31. The third-order valence-corrected chi connectivity index (χ3v) is 6.07. The van der Waals surface area contributed by atoms with Gasteiger partial charge in [-0.1, -0.05) is 11.6 Å². The van der Waals surface area contributed by atoms with Crippen LogP contribution in [0.4, 0.5) is 23.9 Å². The van der Waals surface area contributed by atoms with E-state index in [-0.39, 0.29) is 15.8 Å². The SMILES string of the molecule is COC(=O)c1c(NC(=S)Nc2cc(C(F)(F)F)ccc2Cl)sc2c1CCCC2. The Morgan fingerprint density at radius 1 is 1.25 bits per heavy atom. The number of ether oxygens (including phenoxy) is 1. The number of fused-ring (bicyclic) bond motifs is 1. The van der Waals surface area contributed by atoms with Crippen molar-refractivity contribution in [3.63, 3.8) is 0 Å². The van der Waals surface area contributed by atoms with Crippen LogP contribution in [0.2, 0.25) is 5.02 Å². The Kier molecular flexibility index (Phi) is 6.16. The number of nitrogens with one attached hydrogen (secondary N) is 2. The standard InChI is InChI=1S/C18H16ClF3N2O2S2/c1-26-16(25)14-10-4-2-3-5-13(10)28-15(14)24-17(27)23-12-8-9(18(20,21)22)6-7-11(12)19/h6-8H,2-5H2,1H3,(H2,23,24,27). The average molecular weight is 449 g/mol. The molecule has 1 aliphatic rings. The van der Waals surface area contributed by atoms with Gasteiger partial charge in [-0.15, -0.1) is 11.3 Å². The van der Waals surface area contributed by atoms with E-state index in [0.717, 1.165) is 54.3 Å². The number of carbonyl (C=O) groups excluding carboxylic acids is 1. The summed E-state index contributed by atoms with van der Waals surface area (Å²) in [6.07, 6.45) is -0.838. The average Bonchev–Trinajstić information content (AvgIpc) is 2.99. The summed E-state index contributed by atoms with van der Waals surface area (Å²) in [5.41, 5.74) is 0.561. The lowest BCUT2D eigenvalue weighted by molar-refractivity contribution is -0.137. The third-order valence-electron chi connectivity index (χ3n) is 4.33. The van der Waals surface area contributed by atoms with Crippen molar-refractivity contribution in [1.82, 2.24) is 0 Å². The van der Waals surface area contributed by atoms with Crippen molar-refractivity contribution in [3.05, 3.63) is 44.8 Å². The third kappa shape index (κ3) is 4.42. The lowest BCUT2D eigenvalue weighted by Crippen LogP contribution is -2.21. The van der Waals surface area contributed by atoms with Gasteiger partial charge in [0.2, 0.25) is 0 Å². The van der Waals surface area contributed by atoms with E-state index in [2.05, 4.69) is 10.6 Å². The summed E-state index contributed by atoms with van der Waals surface area (Å²) in [6.45, 7) is 0. The summed E-state index contributed by atoms with van der Waals surface area (Å²) >= 11 is 12.6. The van der Waals surface area contributed by atoms with Gasteiger partial charge in [0.05, 0.1) is 28.9 Å². The molecule has 3 rings (SSSR count). The topological polar surface area (TPSA) is 50.4 Å². The minimum Gasteiger partial charge on any atom is -0.465 e. The number of hydrogen-bond acceptors (Lipinski definition) is 4. The minimum absolute atomic E-state index is 0.0231. The van der Waals surface area contributed by atoms with E-state index in [1.807, 2.05) is 0 Å². The number of benzene rings is 1. The Hall–Kier alpha value is -1.84. The van der Waals surface area contributed by atoms with Crippen molar-refractivity contribution in [1.29, 1.82) is 0 Å². The second-order valence-corrected chi connectivity index (χ2v) is 8.10. The van der Waals surface area contributed by atoms with E-state index in [4.69, 9.17) is 28.6 Å². The molecule has 0 radical (unpaired) electrons. The van der Waals surface area contributed by atoms with Crippen LogP contribution in [-0.2, 0) is 23.8 Å². The number of hydrogen-bond donors (Lipinski definition) is 2. The number of thiophene rings is 1. The fraction of sp³-hybridized carbons (Fsp3) is 0.333. The molecule has 1 aromatic carbocycles. The van der Waals surface area contributed by atoms with E-state index in [0.29, 0.717) is 10.6 Å². The van der Waals surface area contributed by atoms with Crippen LogP contribution in [0.5, 0.6) is 0 Å². The van der Waals surface area contributed by atoms with Gasteiger partial charge in [-0.25, -0.2) is 4.79 Å². The fourth-order valence-corrected chi connectivity index (χ4v) is 4.75. The predicted octanol–water partition coefficient (Wildman–Crippen LogP) is 5.89. The summed E-state index contributed by atoms with van der Waals surface area (Å²) in [6, 6.07) is 2.93. The van der Waals surface area contributed by atoms with E-state index in [1.165, 1.54) is 18.4 Å². The first-order valence-electron chi connectivity index (χ1n) is 8.38. The van der Waals surface area contributed by atoms with E-state index >= 15 is 0 Å². The van der Waals surface area contributed by atoms with Gasteiger partial charge >= 0.3 is 12.1 Å². The molecule has 4 nitrogen and oxygen atoms in total. The second-order valence-electron chi connectivity index (χ2n) is 6.18. The normalized spacial score (nSPS) is 13.6. The van der Waals surface area contributed by atoms with Gasteiger partial charge in [-0.3, -0.25) is 0 Å². The number of alkyl halides is 3. The quantitative estimate of drug-likeness (QED) is 0.452. The van der Waals surface area contributed by atoms with Gasteiger partial charge in [0.25, 0.3) is 0 Å². The number of halogens is 4. The summed E-state index contributed by atoms with van der Waals surface area (Å²) in [4.78, 5) is 13.3. The molecular formula is C18H16ClF3N2O2S2. The predicted molar refractivity (Wildman–Crippen MR) is 109 cm³/mol. The molecule has 1 aromatic heterocycles. The van der Waals surface area contributed by atoms with Crippen molar-refractivity contribution in [2.75, 3.05) is 17.7 Å². The molecule has 150 valence electrons. The molecule has 10 heteroatoms. The Labute approximate surface area is 174 Å². The highest BCUT2D eigenvalue weighted by atomic mass is 35.5. The van der Waals surface area contributed by atoms with Crippen LogP contribution in [-0.4, -0.2) is 18.2 Å². The molecule has 1 aliphatic carbocycles. The molecule has 0 unspecified atom stereocenters. The lowest BCUT2D eigenvalue weighted by atomic mass is 9.95. The summed E-state index contributed by atoms with van der Waals surface area (Å²) < 4.78 is 43.7. The second kappa shape index (κ2) is 8.26. The highest BCUT2D eigenvalue weighted by molar-refractivity contribution is 7.80. The van der Waals surface area contributed by atoms with Crippen LogP contribution in [0.25, 0.3) is 0 Å². The zero-order valence-electron chi connectivity index (χ0n) is 14.7. The van der Waals surface area contributed by atoms with Gasteiger partial charge in [-0.2, -0.15) is 13.2 Å². The van der Waals surface area contributed by atoms with Crippen molar-refractivity contribution in [2.45, 2.75) is 31.9 Å². The van der Waals surface area contributed by atoms with Crippen molar-refractivity contribution in [2.24, 2.45) is 0 Å². The van der Waals surface area contributed by atoms with Gasteiger partial charge in [0.1, 0.15) is 5.00 Å². The number of carbonyl (C=O) groups is 1. The lowest BCUT2D eigenvalue weighted by Gasteiger charge is -2.14. The van der Waals surface area contributed by atoms with Crippen LogP contribution in [0.15, 0.2) is 18.2 Å². The summed E-state index contributed by atoms with van der Waals surface area (Å²) in [5.74, 6) is -0.471. The fourth-order valence-electron chi connectivity index (χ4n) is 3.03. The summed E-state index contributed by atoms with van der Waals surface area (Å²) in [5, 5.41) is 6.23. The molecule has 2 aromatic rings. The van der Waals surface area contributed by atoms with Crippen LogP contribution in [0.3, 0.4) is 0 Å². The summed E-state index contributed by atoms with van der Waals surface area (Å²) in [7, 11) is 1.30. The monoisotopic (exact) mass is 448 g/mol.